The van der Waals surface area contributed by atoms with Gasteiger partial charge in [-0.05, 0) is 48.5 Å². The van der Waals surface area contributed by atoms with Gasteiger partial charge in [0.25, 0.3) is 0 Å². The molecule has 0 aliphatic carbocycles. The van der Waals surface area contributed by atoms with Crippen molar-refractivity contribution in [3.8, 4) is 11.3 Å². The van der Waals surface area contributed by atoms with E-state index in [-0.39, 0.29) is 12.4 Å². The molecule has 5 nitrogen and oxygen atoms in total. The van der Waals surface area contributed by atoms with Gasteiger partial charge in [-0.2, -0.15) is 0 Å². The van der Waals surface area contributed by atoms with Gasteiger partial charge < -0.3 is 0 Å². The van der Waals surface area contributed by atoms with Crippen molar-refractivity contribution in [2.75, 3.05) is 0 Å². The molecule has 0 spiro atoms. The quantitative estimate of drug-likeness (QED) is 0.740. The highest BCUT2D eigenvalue weighted by Crippen LogP contribution is 2.18. The number of rotatable bonds is 5. The maximum Gasteiger partial charge on any atom is 0.241 e. The van der Waals surface area contributed by atoms with E-state index in [0.717, 1.165) is 12.1 Å². The lowest BCUT2D eigenvalue weighted by atomic mass is 10.1. The third-order valence-electron chi connectivity index (χ3n) is 3.51. The summed E-state index contributed by atoms with van der Waals surface area (Å²) in [6.45, 7) is -0.182. The fraction of sp³-hybridized carbons (Fsp3) is 0.0588. The van der Waals surface area contributed by atoms with Gasteiger partial charge in [-0.25, -0.2) is 36.3 Å². The van der Waals surface area contributed by atoms with Crippen LogP contribution >= 0.6 is 0 Å². The summed E-state index contributed by atoms with van der Waals surface area (Å²) in [4.78, 5) is 7.63. The van der Waals surface area contributed by atoms with Crippen molar-refractivity contribution >= 4 is 10.0 Å². The molecule has 0 saturated heterocycles. The van der Waals surface area contributed by atoms with Crippen LogP contribution in [0.2, 0.25) is 0 Å². The average molecular weight is 379 g/mol. The van der Waals surface area contributed by atoms with E-state index in [1.54, 1.807) is 6.07 Å². The Morgan fingerprint density at radius 2 is 1.62 bits per heavy atom. The minimum absolute atomic E-state index is 0.182. The van der Waals surface area contributed by atoms with E-state index in [2.05, 4.69) is 14.7 Å². The standard InChI is InChI=1S/C17H12F3N3O2S/c18-12-3-1-11(2-4-12)17-7-13(21-10-22-17)9-23-26(24,25)14-5-6-15(19)16(20)8-14/h1-8,10,23H,9H2. The van der Waals surface area contributed by atoms with E-state index in [0.29, 0.717) is 23.0 Å². The molecule has 9 heteroatoms. The predicted molar refractivity (Wildman–Crippen MR) is 87.8 cm³/mol. The number of sulfonamides is 1. The molecule has 0 atom stereocenters. The fourth-order valence-corrected chi connectivity index (χ4v) is 3.18. The largest absolute Gasteiger partial charge is 0.241 e. The van der Waals surface area contributed by atoms with Crippen molar-refractivity contribution in [2.24, 2.45) is 0 Å². The van der Waals surface area contributed by atoms with E-state index in [4.69, 9.17) is 0 Å². The van der Waals surface area contributed by atoms with Crippen molar-refractivity contribution in [1.82, 2.24) is 14.7 Å². The molecule has 0 bridgehead atoms. The van der Waals surface area contributed by atoms with E-state index in [1.165, 1.54) is 30.6 Å². The summed E-state index contributed by atoms with van der Waals surface area (Å²) in [5, 5.41) is 0. The van der Waals surface area contributed by atoms with Gasteiger partial charge >= 0.3 is 0 Å². The molecular weight excluding hydrogens is 367 g/mol. The molecule has 0 fully saturated rings. The Hall–Kier alpha value is -2.78. The van der Waals surface area contributed by atoms with E-state index in [9.17, 15) is 21.6 Å². The zero-order valence-electron chi connectivity index (χ0n) is 13.2. The van der Waals surface area contributed by atoms with Crippen molar-refractivity contribution in [2.45, 2.75) is 11.4 Å². The van der Waals surface area contributed by atoms with Gasteiger partial charge in [0, 0.05) is 5.56 Å². The van der Waals surface area contributed by atoms with Crippen LogP contribution in [-0.4, -0.2) is 18.4 Å². The maximum absolute atomic E-state index is 13.2. The second-order valence-corrected chi connectivity index (χ2v) is 7.07. The molecule has 134 valence electrons. The number of hydrogen-bond donors (Lipinski definition) is 1. The Morgan fingerprint density at radius 3 is 2.31 bits per heavy atom. The van der Waals surface area contributed by atoms with Crippen LogP contribution in [0.15, 0.2) is 59.8 Å². The zero-order chi connectivity index (χ0) is 18.7. The number of nitrogens with zero attached hydrogens (tertiary/aromatic N) is 2. The second-order valence-electron chi connectivity index (χ2n) is 5.30. The van der Waals surface area contributed by atoms with Crippen molar-refractivity contribution < 1.29 is 21.6 Å². The van der Waals surface area contributed by atoms with Gasteiger partial charge in [-0.3, -0.25) is 0 Å². The molecular formula is C17H12F3N3O2S. The smallest absolute Gasteiger partial charge is 0.240 e. The lowest BCUT2D eigenvalue weighted by molar-refractivity contribution is 0.504. The highest BCUT2D eigenvalue weighted by Gasteiger charge is 2.16. The Bertz CT molecular complexity index is 1040. The molecule has 1 N–H and O–H groups in total. The van der Waals surface area contributed by atoms with Crippen molar-refractivity contribution in [1.29, 1.82) is 0 Å². The lowest BCUT2D eigenvalue weighted by Crippen LogP contribution is -2.24. The molecule has 0 unspecified atom stereocenters. The minimum atomic E-state index is -4.05. The summed E-state index contributed by atoms with van der Waals surface area (Å²) in [6, 6.07) is 9.47. The van der Waals surface area contributed by atoms with Crippen LogP contribution in [0.5, 0.6) is 0 Å². The molecule has 1 aromatic heterocycles. The monoisotopic (exact) mass is 379 g/mol. The van der Waals surface area contributed by atoms with Gasteiger partial charge in [-0.15, -0.1) is 0 Å². The van der Waals surface area contributed by atoms with Crippen molar-refractivity contribution in [3.05, 3.63) is 78.0 Å². The first-order chi connectivity index (χ1) is 12.3. The maximum atomic E-state index is 13.2. The van der Waals surface area contributed by atoms with Crippen molar-refractivity contribution in [3.63, 3.8) is 0 Å². The summed E-state index contributed by atoms with van der Waals surface area (Å²) in [5.41, 5.74) is 1.48. The second kappa shape index (κ2) is 7.22. The number of benzene rings is 2. The van der Waals surface area contributed by atoms with E-state index < -0.39 is 26.6 Å². The molecule has 0 saturated carbocycles. The SMILES string of the molecule is O=S(=O)(NCc1cc(-c2ccc(F)cc2)ncn1)c1ccc(F)c(F)c1. The summed E-state index contributed by atoms with van der Waals surface area (Å²) >= 11 is 0. The zero-order valence-corrected chi connectivity index (χ0v) is 14.0. The van der Waals surface area contributed by atoms with Gasteiger partial charge in [0.2, 0.25) is 10.0 Å². The average Bonchev–Trinajstić information content (AvgIpc) is 2.63. The number of halogens is 3. The third-order valence-corrected chi connectivity index (χ3v) is 4.91. The van der Waals surface area contributed by atoms with Crippen LogP contribution in [0.25, 0.3) is 11.3 Å². The molecule has 3 aromatic rings. The summed E-state index contributed by atoms with van der Waals surface area (Å²) in [5.74, 6) is -2.78. The first kappa shape index (κ1) is 18.0. The predicted octanol–water partition coefficient (Wildman–Crippen LogP) is 3.04. The van der Waals surface area contributed by atoms with Crippen LogP contribution in [-0.2, 0) is 16.6 Å². The lowest BCUT2D eigenvalue weighted by Gasteiger charge is -2.08. The molecule has 26 heavy (non-hydrogen) atoms. The van der Waals surface area contributed by atoms with Gasteiger partial charge in [-0.1, -0.05) is 0 Å². The molecule has 0 aliphatic rings. The van der Waals surface area contributed by atoms with Crippen LogP contribution in [0.3, 0.4) is 0 Å². The first-order valence-electron chi connectivity index (χ1n) is 7.37. The Balaban J connectivity index is 1.78. The topological polar surface area (TPSA) is 72.0 Å². The molecule has 0 amide bonds. The summed E-state index contributed by atoms with van der Waals surface area (Å²) in [6.07, 6.45) is 1.25. The molecule has 3 rings (SSSR count). The third kappa shape index (κ3) is 4.06. The van der Waals surface area contributed by atoms with Crippen LogP contribution < -0.4 is 4.72 Å². The number of hydrogen-bond acceptors (Lipinski definition) is 4. The molecule has 0 radical (unpaired) electrons. The van der Waals surface area contributed by atoms with Gasteiger partial charge in [0.15, 0.2) is 11.6 Å². The molecule has 2 aromatic carbocycles. The fourth-order valence-electron chi connectivity index (χ4n) is 2.17. The van der Waals surface area contributed by atoms with Gasteiger partial charge in [0.05, 0.1) is 22.8 Å². The summed E-state index contributed by atoms with van der Waals surface area (Å²) in [7, 11) is -4.05. The summed E-state index contributed by atoms with van der Waals surface area (Å²) < 4.78 is 65.8. The van der Waals surface area contributed by atoms with E-state index >= 15 is 0 Å². The Morgan fingerprint density at radius 1 is 0.885 bits per heavy atom. The first-order valence-corrected chi connectivity index (χ1v) is 8.85. The Labute approximate surface area is 147 Å². The molecule has 1 heterocycles. The highest BCUT2D eigenvalue weighted by molar-refractivity contribution is 7.89. The van der Waals surface area contributed by atoms with Crippen LogP contribution in [0.4, 0.5) is 13.2 Å². The minimum Gasteiger partial charge on any atom is -0.240 e. The van der Waals surface area contributed by atoms with E-state index in [1.807, 2.05) is 0 Å². The number of aromatic nitrogens is 2. The Kier molecular flexibility index (Phi) is 5.01. The highest BCUT2D eigenvalue weighted by atomic mass is 32.2. The normalized spacial score (nSPS) is 11.5. The van der Waals surface area contributed by atoms with Gasteiger partial charge in [0.1, 0.15) is 12.1 Å². The molecule has 0 aliphatic heterocycles. The number of nitrogens with one attached hydrogen (secondary N) is 1. The van der Waals surface area contributed by atoms with Crippen LogP contribution in [0, 0.1) is 17.5 Å². The van der Waals surface area contributed by atoms with Crippen LogP contribution in [0.1, 0.15) is 5.69 Å².